The third-order valence-electron chi connectivity index (χ3n) is 5.62. The van der Waals surface area contributed by atoms with E-state index >= 15 is 0 Å². The van der Waals surface area contributed by atoms with Gasteiger partial charge in [-0.1, -0.05) is 37.6 Å². The van der Waals surface area contributed by atoms with E-state index in [0.717, 1.165) is 25.9 Å². The molecule has 1 saturated carbocycles. The molecular weight excluding hydrogens is 360 g/mol. The Morgan fingerprint density at radius 2 is 1.93 bits per heavy atom. The molecule has 6 atom stereocenters. The highest BCUT2D eigenvalue weighted by Gasteiger charge is 2.39. The molecule has 0 saturated heterocycles. The van der Waals surface area contributed by atoms with Crippen molar-refractivity contribution in [1.82, 2.24) is 0 Å². The summed E-state index contributed by atoms with van der Waals surface area (Å²) in [6, 6.07) is 0. The highest BCUT2D eigenvalue weighted by molar-refractivity contribution is 5.66. The molecule has 1 rings (SSSR count). The Hall–Kier alpha value is -1.21. The lowest BCUT2D eigenvalue weighted by Gasteiger charge is -2.21. The van der Waals surface area contributed by atoms with Crippen molar-refractivity contribution in [2.24, 2.45) is 17.8 Å². The quantitative estimate of drug-likeness (QED) is 0.265. The number of carboxylic acids is 1. The molecule has 0 aliphatic heterocycles. The zero-order valence-corrected chi connectivity index (χ0v) is 17.2. The molecule has 0 aromatic rings. The molecule has 162 valence electrons. The van der Waals surface area contributed by atoms with Crippen LogP contribution in [0.2, 0.25) is 0 Å². The van der Waals surface area contributed by atoms with Gasteiger partial charge in [0.2, 0.25) is 0 Å². The minimum Gasteiger partial charge on any atom is -0.481 e. The van der Waals surface area contributed by atoms with Gasteiger partial charge in [-0.15, -0.1) is 0 Å². The first-order chi connectivity index (χ1) is 13.4. The molecule has 1 aliphatic rings. The number of aliphatic carboxylic acids is 1. The van der Waals surface area contributed by atoms with Crippen LogP contribution < -0.4 is 0 Å². The molecule has 0 heterocycles. The molecule has 0 spiro atoms. The Kier molecular flexibility index (Phi) is 12.3. The summed E-state index contributed by atoms with van der Waals surface area (Å²) in [4.78, 5) is 10.5. The van der Waals surface area contributed by atoms with E-state index in [4.69, 9.17) is 9.84 Å². The monoisotopic (exact) mass is 398 g/mol. The lowest BCUT2D eigenvalue weighted by Crippen LogP contribution is -2.21. The van der Waals surface area contributed by atoms with Crippen LogP contribution in [-0.4, -0.2) is 58.4 Å². The summed E-state index contributed by atoms with van der Waals surface area (Å²) >= 11 is 0. The topological polar surface area (TPSA) is 107 Å². The number of aliphatic hydroxyl groups is 3. The molecule has 0 bridgehead atoms. The van der Waals surface area contributed by atoms with Crippen molar-refractivity contribution in [2.75, 3.05) is 13.7 Å². The van der Waals surface area contributed by atoms with Crippen molar-refractivity contribution in [3.8, 4) is 0 Å². The summed E-state index contributed by atoms with van der Waals surface area (Å²) in [5.41, 5.74) is 0. The Morgan fingerprint density at radius 3 is 2.61 bits per heavy atom. The fraction of sp³-hybridized carbons (Fsp3) is 0.773. The number of hydrogen-bond donors (Lipinski definition) is 4. The third-order valence-corrected chi connectivity index (χ3v) is 5.62. The van der Waals surface area contributed by atoms with Crippen molar-refractivity contribution in [3.05, 3.63) is 24.3 Å². The maximum atomic E-state index is 10.5. The summed E-state index contributed by atoms with van der Waals surface area (Å²) in [5.74, 6) is -0.941. The van der Waals surface area contributed by atoms with E-state index in [1.165, 1.54) is 0 Å². The minimum absolute atomic E-state index is 0.0915. The first-order valence-corrected chi connectivity index (χ1v) is 10.4. The van der Waals surface area contributed by atoms with E-state index in [1.807, 2.05) is 25.2 Å². The van der Waals surface area contributed by atoms with E-state index in [0.29, 0.717) is 25.7 Å². The van der Waals surface area contributed by atoms with Crippen molar-refractivity contribution in [2.45, 2.75) is 76.6 Å². The first kappa shape index (κ1) is 24.8. The molecule has 28 heavy (non-hydrogen) atoms. The summed E-state index contributed by atoms with van der Waals surface area (Å²) in [5, 5.41) is 39.6. The van der Waals surface area contributed by atoms with Crippen molar-refractivity contribution < 1.29 is 30.0 Å². The molecule has 0 aromatic heterocycles. The van der Waals surface area contributed by atoms with Crippen molar-refractivity contribution in [3.63, 3.8) is 0 Å². The number of unbranched alkanes of at least 4 members (excludes halogenated alkanes) is 2. The van der Waals surface area contributed by atoms with Gasteiger partial charge in [-0.3, -0.25) is 4.79 Å². The molecule has 1 fully saturated rings. The Bertz CT molecular complexity index is 489. The summed E-state index contributed by atoms with van der Waals surface area (Å²) in [6.07, 6.45) is 11.1. The van der Waals surface area contributed by atoms with Crippen LogP contribution in [0, 0.1) is 17.8 Å². The van der Waals surface area contributed by atoms with Crippen LogP contribution in [0.25, 0.3) is 0 Å². The highest BCUT2D eigenvalue weighted by atomic mass is 16.5. The van der Waals surface area contributed by atoms with E-state index < -0.39 is 24.3 Å². The molecular formula is C22H38O6. The maximum Gasteiger partial charge on any atom is 0.303 e. The van der Waals surface area contributed by atoms with Gasteiger partial charge in [0.15, 0.2) is 0 Å². The summed E-state index contributed by atoms with van der Waals surface area (Å²) in [6.45, 7) is 2.75. The van der Waals surface area contributed by atoms with Gasteiger partial charge in [0.25, 0.3) is 0 Å². The fourth-order valence-corrected chi connectivity index (χ4v) is 3.76. The molecule has 0 amide bonds. The van der Waals surface area contributed by atoms with Gasteiger partial charge in [-0.25, -0.2) is 0 Å². The summed E-state index contributed by atoms with van der Waals surface area (Å²) in [7, 11) is 1.68. The molecule has 0 aromatic carbocycles. The second-order valence-corrected chi connectivity index (χ2v) is 7.95. The molecule has 6 heteroatoms. The van der Waals surface area contributed by atoms with Crippen LogP contribution in [-0.2, 0) is 9.53 Å². The van der Waals surface area contributed by atoms with Crippen LogP contribution in [0.15, 0.2) is 24.3 Å². The highest BCUT2D eigenvalue weighted by Crippen LogP contribution is 2.36. The molecule has 1 aliphatic carbocycles. The second kappa shape index (κ2) is 13.9. The lowest BCUT2D eigenvalue weighted by atomic mass is 9.88. The predicted molar refractivity (Wildman–Crippen MR) is 109 cm³/mol. The largest absolute Gasteiger partial charge is 0.481 e. The van der Waals surface area contributed by atoms with Gasteiger partial charge >= 0.3 is 5.97 Å². The van der Waals surface area contributed by atoms with Crippen LogP contribution >= 0.6 is 0 Å². The number of methoxy groups -OCH3 is 1. The van der Waals surface area contributed by atoms with Gasteiger partial charge in [0.05, 0.1) is 18.3 Å². The number of rotatable bonds is 14. The minimum atomic E-state index is -0.792. The molecule has 1 unspecified atom stereocenters. The molecule has 4 N–H and O–H groups in total. The maximum absolute atomic E-state index is 10.5. The Morgan fingerprint density at radius 1 is 1.18 bits per heavy atom. The average molecular weight is 399 g/mol. The van der Waals surface area contributed by atoms with Crippen LogP contribution in [0.5, 0.6) is 0 Å². The number of carbonyl (C=O) groups is 1. The summed E-state index contributed by atoms with van der Waals surface area (Å²) < 4.78 is 5.04. The van der Waals surface area contributed by atoms with Gasteiger partial charge in [-0.05, 0) is 43.9 Å². The van der Waals surface area contributed by atoms with Gasteiger partial charge in [-0.2, -0.15) is 0 Å². The van der Waals surface area contributed by atoms with Crippen LogP contribution in [0.1, 0.15) is 58.3 Å². The zero-order chi connectivity index (χ0) is 20.9. The average Bonchev–Trinajstić information content (AvgIpc) is 2.91. The second-order valence-electron chi connectivity index (χ2n) is 7.95. The standard InChI is InChI=1S/C22H38O6/c1-16(9-7-8-14-28-2)19(23)13-12-18-17(20(24)15-21(18)25)10-5-3-4-6-11-22(26)27/h3,5,12-13,16-21,23-25H,4,6-11,14-15H2,1-2H3,(H,26,27)/b5-3-,13-12+/t16?,17-,18-,19+,20+,21-/m1/s1. The first-order valence-electron chi connectivity index (χ1n) is 10.4. The normalized spacial score (nSPS) is 27.6. The Balaban J connectivity index is 2.49. The SMILES string of the molecule is COCCCCC(C)[C@@H](O)/C=C/[C@@H]1[C@@H](C/C=C\CCCC(=O)O)[C@@H](O)C[C@H]1O. The van der Waals surface area contributed by atoms with Crippen molar-refractivity contribution >= 4 is 5.97 Å². The molecule has 0 radical (unpaired) electrons. The third kappa shape index (κ3) is 9.32. The lowest BCUT2D eigenvalue weighted by molar-refractivity contribution is -0.137. The van der Waals surface area contributed by atoms with E-state index in [2.05, 4.69) is 0 Å². The Labute approximate surface area is 168 Å². The van der Waals surface area contributed by atoms with Gasteiger partial charge in [0, 0.05) is 32.5 Å². The van der Waals surface area contributed by atoms with E-state index in [-0.39, 0.29) is 24.2 Å². The number of carboxylic acid groups (broad SMARTS) is 1. The number of hydrogen-bond acceptors (Lipinski definition) is 5. The fourth-order valence-electron chi connectivity index (χ4n) is 3.76. The van der Waals surface area contributed by atoms with E-state index in [9.17, 15) is 20.1 Å². The predicted octanol–water partition coefficient (Wildman–Crippen LogP) is 2.92. The zero-order valence-electron chi connectivity index (χ0n) is 17.2. The van der Waals surface area contributed by atoms with Crippen molar-refractivity contribution in [1.29, 1.82) is 0 Å². The van der Waals surface area contributed by atoms with E-state index in [1.54, 1.807) is 13.2 Å². The van der Waals surface area contributed by atoms with Crippen LogP contribution in [0.4, 0.5) is 0 Å². The smallest absolute Gasteiger partial charge is 0.303 e. The number of ether oxygens (including phenoxy) is 1. The number of allylic oxidation sites excluding steroid dienone is 2. The van der Waals surface area contributed by atoms with Gasteiger partial charge in [0.1, 0.15) is 0 Å². The number of aliphatic hydroxyl groups excluding tert-OH is 3. The van der Waals surface area contributed by atoms with Gasteiger partial charge < -0.3 is 25.2 Å². The molecule has 6 nitrogen and oxygen atoms in total. The van der Waals surface area contributed by atoms with Crippen LogP contribution in [0.3, 0.4) is 0 Å².